The normalized spacial score (nSPS) is 10.9. The van der Waals surface area contributed by atoms with Crippen molar-refractivity contribution in [2.45, 2.75) is 5.16 Å². The lowest BCUT2D eigenvalue weighted by atomic mass is 10.3. The van der Waals surface area contributed by atoms with Crippen LogP contribution in [0, 0.1) is 0 Å². The molecule has 106 valence electrons. The van der Waals surface area contributed by atoms with Crippen LogP contribution in [0.25, 0.3) is 16.7 Å². The summed E-state index contributed by atoms with van der Waals surface area (Å²) < 4.78 is 1.45. The van der Waals surface area contributed by atoms with E-state index >= 15 is 0 Å². The molecule has 0 aliphatic rings. The number of rotatable bonds is 4. The fourth-order valence-electron chi connectivity index (χ4n) is 1.91. The average molecular weight is 301 g/mol. The molecule has 1 aromatic carbocycles. The second-order valence-electron chi connectivity index (χ2n) is 4.26. The Morgan fingerprint density at radius 2 is 2.10 bits per heavy atom. The maximum Gasteiger partial charge on any atom is 0.269 e. The van der Waals surface area contributed by atoms with Gasteiger partial charge in [0.25, 0.3) is 5.56 Å². The Bertz CT molecular complexity index is 856. The summed E-state index contributed by atoms with van der Waals surface area (Å²) in [6.45, 7) is 0. The second-order valence-corrected chi connectivity index (χ2v) is 5.20. The number of nitrogens with one attached hydrogen (secondary N) is 1. The first-order chi connectivity index (χ1) is 10.2. The predicted octanol–water partition coefficient (Wildman–Crippen LogP) is 0.686. The van der Waals surface area contributed by atoms with Crippen molar-refractivity contribution in [3.05, 3.63) is 46.9 Å². The number of carbonyl (C=O) groups excluding carboxylic acids is 1. The SMILES string of the molecule is NC(=O)CSc1nc2[nH]ncc2c(=O)n1-c1ccccc1. The van der Waals surface area contributed by atoms with Gasteiger partial charge in [-0.15, -0.1) is 0 Å². The zero-order valence-corrected chi connectivity index (χ0v) is 11.6. The van der Waals surface area contributed by atoms with Crippen LogP contribution in [-0.2, 0) is 4.79 Å². The minimum absolute atomic E-state index is 0.0406. The highest BCUT2D eigenvalue weighted by Crippen LogP contribution is 2.19. The lowest BCUT2D eigenvalue weighted by molar-refractivity contribution is -0.115. The largest absolute Gasteiger partial charge is 0.369 e. The summed E-state index contributed by atoms with van der Waals surface area (Å²) in [5.74, 6) is -0.433. The minimum Gasteiger partial charge on any atom is -0.369 e. The zero-order chi connectivity index (χ0) is 14.8. The van der Waals surface area contributed by atoms with Gasteiger partial charge in [0.2, 0.25) is 5.91 Å². The Kier molecular flexibility index (Phi) is 3.44. The molecule has 0 radical (unpaired) electrons. The van der Waals surface area contributed by atoms with Crippen molar-refractivity contribution < 1.29 is 4.79 Å². The Balaban J connectivity index is 2.23. The van der Waals surface area contributed by atoms with Crippen molar-refractivity contribution in [3.63, 3.8) is 0 Å². The van der Waals surface area contributed by atoms with Crippen LogP contribution in [0.1, 0.15) is 0 Å². The van der Waals surface area contributed by atoms with E-state index in [0.717, 1.165) is 11.8 Å². The number of fused-ring (bicyclic) bond motifs is 1. The molecule has 3 N–H and O–H groups in total. The number of para-hydroxylation sites is 1. The topological polar surface area (TPSA) is 107 Å². The summed E-state index contributed by atoms with van der Waals surface area (Å²) in [6.07, 6.45) is 1.44. The molecule has 0 saturated carbocycles. The number of H-pyrrole nitrogens is 1. The van der Waals surface area contributed by atoms with Crippen molar-refractivity contribution in [2.24, 2.45) is 5.73 Å². The van der Waals surface area contributed by atoms with Crippen LogP contribution in [-0.4, -0.2) is 31.4 Å². The van der Waals surface area contributed by atoms with E-state index in [9.17, 15) is 9.59 Å². The quantitative estimate of drug-likeness (QED) is 0.544. The molecule has 0 saturated heterocycles. The fourth-order valence-corrected chi connectivity index (χ4v) is 2.66. The van der Waals surface area contributed by atoms with Gasteiger partial charge in [-0.3, -0.25) is 19.3 Å². The summed E-state index contributed by atoms with van der Waals surface area (Å²) >= 11 is 1.11. The summed E-state index contributed by atoms with van der Waals surface area (Å²) in [6, 6.07) is 9.09. The van der Waals surface area contributed by atoms with Gasteiger partial charge in [-0.05, 0) is 12.1 Å². The van der Waals surface area contributed by atoms with Crippen LogP contribution >= 0.6 is 11.8 Å². The molecule has 0 bridgehead atoms. The van der Waals surface area contributed by atoms with E-state index in [1.165, 1.54) is 10.8 Å². The van der Waals surface area contributed by atoms with Crippen LogP contribution in [0.3, 0.4) is 0 Å². The van der Waals surface area contributed by atoms with Gasteiger partial charge in [0.15, 0.2) is 10.8 Å². The van der Waals surface area contributed by atoms with E-state index in [1.54, 1.807) is 12.1 Å². The molecule has 3 rings (SSSR count). The van der Waals surface area contributed by atoms with E-state index in [1.807, 2.05) is 18.2 Å². The number of thioether (sulfide) groups is 1. The number of amides is 1. The molecule has 0 spiro atoms. The van der Waals surface area contributed by atoms with Gasteiger partial charge in [-0.2, -0.15) is 5.10 Å². The molecule has 21 heavy (non-hydrogen) atoms. The number of hydrogen-bond donors (Lipinski definition) is 2. The summed E-state index contributed by atoms with van der Waals surface area (Å²) in [5, 5.41) is 7.28. The molecular formula is C13H11N5O2S. The molecule has 2 aromatic heterocycles. The number of hydrogen-bond acceptors (Lipinski definition) is 5. The second kappa shape index (κ2) is 5.41. The van der Waals surface area contributed by atoms with Crippen molar-refractivity contribution in [1.29, 1.82) is 0 Å². The third-order valence-electron chi connectivity index (χ3n) is 2.81. The Labute approximate surface area is 123 Å². The third kappa shape index (κ3) is 2.52. The summed E-state index contributed by atoms with van der Waals surface area (Å²) in [5.41, 5.74) is 5.98. The number of primary amides is 1. The highest BCUT2D eigenvalue weighted by Gasteiger charge is 2.14. The molecule has 0 atom stereocenters. The van der Waals surface area contributed by atoms with Crippen LogP contribution in [0.2, 0.25) is 0 Å². The van der Waals surface area contributed by atoms with Gasteiger partial charge in [-0.1, -0.05) is 30.0 Å². The molecule has 0 unspecified atom stereocenters. The molecule has 3 aromatic rings. The number of nitrogens with two attached hydrogens (primary N) is 1. The van der Waals surface area contributed by atoms with Gasteiger partial charge in [0.05, 0.1) is 17.6 Å². The zero-order valence-electron chi connectivity index (χ0n) is 10.8. The Morgan fingerprint density at radius 1 is 1.33 bits per heavy atom. The number of carbonyl (C=O) groups is 1. The Hall–Kier alpha value is -2.61. The van der Waals surface area contributed by atoms with Crippen molar-refractivity contribution in [2.75, 3.05) is 5.75 Å². The summed E-state index contributed by atoms with van der Waals surface area (Å²) in [4.78, 5) is 27.9. The number of aromatic amines is 1. The maximum absolute atomic E-state index is 12.6. The first kappa shape index (κ1) is 13.4. The first-order valence-electron chi connectivity index (χ1n) is 6.09. The minimum atomic E-state index is -0.474. The standard InChI is InChI=1S/C13H11N5O2S/c14-10(19)7-21-13-16-11-9(6-15-17-11)12(20)18(13)8-4-2-1-3-5-8/h1-6H,7H2,(H2,14,19)(H,15,17). The van der Waals surface area contributed by atoms with E-state index < -0.39 is 5.91 Å². The van der Waals surface area contributed by atoms with Gasteiger partial charge in [0.1, 0.15) is 5.39 Å². The monoisotopic (exact) mass is 301 g/mol. The molecule has 0 aliphatic carbocycles. The fraction of sp³-hybridized carbons (Fsp3) is 0.0769. The van der Waals surface area contributed by atoms with Crippen LogP contribution in [0.15, 0.2) is 46.5 Å². The van der Waals surface area contributed by atoms with Gasteiger partial charge in [-0.25, -0.2) is 4.98 Å². The van der Waals surface area contributed by atoms with E-state index in [0.29, 0.717) is 21.9 Å². The van der Waals surface area contributed by atoms with Crippen molar-refractivity contribution >= 4 is 28.7 Å². The van der Waals surface area contributed by atoms with E-state index in [4.69, 9.17) is 5.73 Å². The number of benzene rings is 1. The molecule has 8 heteroatoms. The van der Waals surface area contributed by atoms with Gasteiger partial charge < -0.3 is 5.73 Å². The van der Waals surface area contributed by atoms with Crippen LogP contribution < -0.4 is 11.3 Å². The number of nitrogens with zero attached hydrogens (tertiary/aromatic N) is 3. The maximum atomic E-state index is 12.6. The smallest absolute Gasteiger partial charge is 0.269 e. The predicted molar refractivity (Wildman–Crippen MR) is 79.4 cm³/mol. The molecule has 7 nitrogen and oxygen atoms in total. The average Bonchev–Trinajstić information content (AvgIpc) is 2.95. The molecular weight excluding hydrogens is 290 g/mol. The first-order valence-corrected chi connectivity index (χ1v) is 7.08. The van der Waals surface area contributed by atoms with E-state index in [2.05, 4.69) is 15.2 Å². The van der Waals surface area contributed by atoms with E-state index in [-0.39, 0.29) is 11.3 Å². The van der Waals surface area contributed by atoms with Gasteiger partial charge in [0, 0.05) is 0 Å². The highest BCUT2D eigenvalue weighted by atomic mass is 32.2. The molecule has 2 heterocycles. The van der Waals surface area contributed by atoms with Crippen molar-refractivity contribution in [3.8, 4) is 5.69 Å². The number of aromatic nitrogens is 4. The summed E-state index contributed by atoms with van der Waals surface area (Å²) in [7, 11) is 0. The lowest BCUT2D eigenvalue weighted by Crippen LogP contribution is -2.22. The van der Waals surface area contributed by atoms with Crippen LogP contribution in [0.4, 0.5) is 0 Å². The van der Waals surface area contributed by atoms with Crippen LogP contribution in [0.5, 0.6) is 0 Å². The molecule has 0 aliphatic heterocycles. The molecule has 1 amide bonds. The lowest BCUT2D eigenvalue weighted by Gasteiger charge is -2.10. The Morgan fingerprint density at radius 3 is 2.81 bits per heavy atom. The molecule has 0 fully saturated rings. The third-order valence-corrected chi connectivity index (χ3v) is 3.77. The van der Waals surface area contributed by atoms with Crippen molar-refractivity contribution in [1.82, 2.24) is 19.7 Å². The highest BCUT2D eigenvalue weighted by molar-refractivity contribution is 7.99. The van der Waals surface area contributed by atoms with Gasteiger partial charge >= 0.3 is 0 Å².